The molecule has 4 unspecified atom stereocenters. The Balaban J connectivity index is 0.000000308. The van der Waals surface area contributed by atoms with Gasteiger partial charge in [0.05, 0.1) is 42.4 Å². The first-order valence-corrected chi connectivity index (χ1v) is 15.0. The third kappa shape index (κ3) is 7.02. The van der Waals surface area contributed by atoms with Crippen molar-refractivity contribution in [2.45, 2.75) is 64.0 Å². The molecule has 4 aliphatic rings. The molecule has 0 spiro atoms. The molecule has 0 bridgehead atoms. The first-order valence-electron chi connectivity index (χ1n) is 14.6. The lowest BCUT2D eigenvalue weighted by Crippen LogP contribution is -2.42. The molecule has 8 nitrogen and oxygen atoms in total. The number of aliphatic hydroxyl groups is 1. The summed E-state index contributed by atoms with van der Waals surface area (Å²) in [6.45, 7) is 5.62. The highest BCUT2D eigenvalue weighted by molar-refractivity contribution is 6.31. The largest absolute Gasteiger partial charge is 0.467 e. The van der Waals surface area contributed by atoms with E-state index >= 15 is 0 Å². The van der Waals surface area contributed by atoms with E-state index in [4.69, 9.17) is 26.8 Å². The number of nitrogens with two attached hydrogens (primary N) is 1. The van der Waals surface area contributed by atoms with E-state index in [1.807, 2.05) is 0 Å². The molecule has 2 aromatic rings. The van der Waals surface area contributed by atoms with Gasteiger partial charge >= 0.3 is 12.2 Å². The molecule has 4 aliphatic heterocycles. The molecule has 3 N–H and O–H groups in total. The molecule has 3 fully saturated rings. The fourth-order valence-electron chi connectivity index (χ4n) is 6.81. The van der Waals surface area contributed by atoms with Gasteiger partial charge in [0.25, 0.3) is 0 Å². The van der Waals surface area contributed by atoms with E-state index in [9.17, 15) is 22.7 Å². The molecule has 0 aliphatic carbocycles. The normalized spacial score (nSPS) is 26.6. The summed E-state index contributed by atoms with van der Waals surface area (Å²) in [6.07, 6.45) is -0.255. The lowest BCUT2D eigenvalue weighted by molar-refractivity contribution is -0.139. The summed E-state index contributed by atoms with van der Waals surface area (Å²) in [5, 5.41) is 9.22. The number of ether oxygens (including phenoxy) is 2. The smallest absolute Gasteiger partial charge is 0.418 e. The number of anilines is 2. The van der Waals surface area contributed by atoms with Gasteiger partial charge in [-0.25, -0.2) is 4.39 Å². The van der Waals surface area contributed by atoms with E-state index in [-0.39, 0.29) is 42.8 Å². The summed E-state index contributed by atoms with van der Waals surface area (Å²) in [6, 6.07) is 3.15. The van der Waals surface area contributed by atoms with E-state index in [0.717, 1.165) is 43.9 Å². The molecule has 0 radical (unpaired) electrons. The summed E-state index contributed by atoms with van der Waals surface area (Å²) >= 11 is 5.93. The van der Waals surface area contributed by atoms with Gasteiger partial charge in [-0.05, 0) is 67.3 Å². The van der Waals surface area contributed by atoms with Gasteiger partial charge in [0, 0.05) is 50.0 Å². The summed E-state index contributed by atoms with van der Waals surface area (Å²) in [7, 11) is 1.44. The van der Waals surface area contributed by atoms with Crippen LogP contribution in [0.2, 0.25) is 5.02 Å². The number of fused-ring (bicyclic) bond motifs is 2. The van der Waals surface area contributed by atoms with Crippen molar-refractivity contribution in [3.63, 3.8) is 0 Å². The van der Waals surface area contributed by atoms with E-state index in [1.165, 1.54) is 32.6 Å². The van der Waals surface area contributed by atoms with Crippen LogP contribution in [0.5, 0.6) is 6.01 Å². The first kappa shape index (κ1) is 31.7. The van der Waals surface area contributed by atoms with Gasteiger partial charge in [-0.1, -0.05) is 18.5 Å². The summed E-state index contributed by atoms with van der Waals surface area (Å²) < 4.78 is 64.5. The Kier molecular flexibility index (Phi) is 9.70. The number of nitrogens with zero attached hydrogens (tertiary/aromatic N) is 4. The summed E-state index contributed by atoms with van der Waals surface area (Å²) in [5.41, 5.74) is 7.10. The maximum atomic E-state index is 13.8. The number of aliphatic hydroxyl groups excluding tert-OH is 1. The number of hydrogen-bond acceptors (Lipinski definition) is 8. The number of nitrogen functional groups attached to an aromatic ring is 1. The summed E-state index contributed by atoms with van der Waals surface area (Å²) in [5.74, 6) is 1.07. The first-order chi connectivity index (χ1) is 20.5. The average molecular weight is 628 g/mol. The van der Waals surface area contributed by atoms with Crippen molar-refractivity contribution in [2.24, 2.45) is 11.8 Å². The van der Waals surface area contributed by atoms with Crippen LogP contribution in [-0.2, 0) is 23.9 Å². The third-order valence-electron chi connectivity index (χ3n) is 8.68. The van der Waals surface area contributed by atoms with E-state index in [0.29, 0.717) is 35.6 Å². The summed E-state index contributed by atoms with van der Waals surface area (Å²) in [4.78, 5) is 13.4. The number of alkyl halides is 3. The van der Waals surface area contributed by atoms with E-state index in [1.54, 1.807) is 0 Å². The van der Waals surface area contributed by atoms with Crippen LogP contribution in [0.4, 0.5) is 29.1 Å². The van der Waals surface area contributed by atoms with E-state index in [2.05, 4.69) is 26.7 Å². The van der Waals surface area contributed by atoms with Gasteiger partial charge < -0.3 is 25.2 Å². The minimum Gasteiger partial charge on any atom is -0.467 e. The fourth-order valence-corrected chi connectivity index (χ4v) is 7.16. The number of rotatable bonds is 4. The quantitative estimate of drug-likeness (QED) is 0.329. The van der Waals surface area contributed by atoms with Gasteiger partial charge in [-0.3, -0.25) is 4.90 Å². The van der Waals surface area contributed by atoms with Crippen LogP contribution in [-0.4, -0.2) is 65.9 Å². The number of methoxy groups -OCH3 is 1. The molecule has 1 aromatic carbocycles. The zero-order valence-electron chi connectivity index (χ0n) is 24.3. The zero-order valence-corrected chi connectivity index (χ0v) is 25.1. The fraction of sp³-hybridized carbons (Fsp3) is 0.600. The number of aromatic nitrogens is 2. The average Bonchev–Trinajstić information content (AvgIpc) is 3.57. The third-order valence-corrected chi connectivity index (χ3v) is 8.97. The SMILES string of the molecule is COc1nc2c(c(N3CC(C)CC(CO)C3)n1)COC(c1cc(N)cc(Cl)c1C(F)(F)F)C2.F/C=C1/CC2CCCN2C1. The van der Waals surface area contributed by atoms with Crippen LogP contribution in [0.3, 0.4) is 0 Å². The topological polar surface area (TPSA) is 97.0 Å². The Labute approximate surface area is 253 Å². The second kappa shape index (κ2) is 13.1. The Morgan fingerprint density at radius 2 is 2.02 bits per heavy atom. The highest BCUT2D eigenvalue weighted by Gasteiger charge is 2.40. The Bertz CT molecular complexity index is 1330. The van der Waals surface area contributed by atoms with Crippen molar-refractivity contribution in [3.8, 4) is 6.01 Å². The second-order valence-corrected chi connectivity index (χ2v) is 12.4. The zero-order chi connectivity index (χ0) is 30.9. The van der Waals surface area contributed by atoms with Crippen molar-refractivity contribution in [1.29, 1.82) is 0 Å². The highest BCUT2D eigenvalue weighted by Crippen LogP contribution is 2.44. The Morgan fingerprint density at radius 1 is 1.23 bits per heavy atom. The Morgan fingerprint density at radius 3 is 2.70 bits per heavy atom. The molecule has 0 saturated carbocycles. The van der Waals surface area contributed by atoms with Crippen molar-refractivity contribution in [2.75, 3.05) is 50.5 Å². The minimum absolute atomic E-state index is 0.0255. The molecular weight excluding hydrogens is 590 g/mol. The lowest BCUT2D eigenvalue weighted by Gasteiger charge is -2.38. The van der Waals surface area contributed by atoms with Crippen LogP contribution < -0.4 is 15.4 Å². The van der Waals surface area contributed by atoms with E-state index < -0.39 is 22.9 Å². The van der Waals surface area contributed by atoms with Gasteiger partial charge in [-0.15, -0.1) is 0 Å². The maximum absolute atomic E-state index is 13.8. The molecule has 6 rings (SSSR count). The van der Waals surface area contributed by atoms with Crippen molar-refractivity contribution in [1.82, 2.24) is 14.9 Å². The molecule has 236 valence electrons. The standard InChI is InChI=1S/C22H26ClF3N4O3.C8H12FN/c1-11-3-12(9-31)8-30(7-11)20-15-10-33-18(6-17(15)28-21(29-20)32-2)14-4-13(27)5-16(23)19(14)22(24,25)26;9-5-7-4-8-2-1-3-10(8)6-7/h4-5,11-12,18,31H,3,6-10,27H2,1-2H3;5,8H,1-4,6H2/b;7-5-. The van der Waals surface area contributed by atoms with Crippen molar-refractivity contribution >= 4 is 23.1 Å². The molecular formula is C30H38ClF4N5O3. The van der Waals surface area contributed by atoms with Gasteiger partial charge in [0.1, 0.15) is 5.82 Å². The van der Waals surface area contributed by atoms with Crippen LogP contribution in [0, 0.1) is 11.8 Å². The maximum Gasteiger partial charge on any atom is 0.418 e. The number of benzene rings is 1. The molecule has 4 atom stereocenters. The molecule has 3 saturated heterocycles. The van der Waals surface area contributed by atoms with Crippen molar-refractivity contribution < 1.29 is 32.1 Å². The molecule has 5 heterocycles. The predicted octanol–water partition coefficient (Wildman–Crippen LogP) is 5.72. The predicted molar refractivity (Wildman–Crippen MR) is 156 cm³/mol. The van der Waals surface area contributed by atoms with Gasteiger partial charge in [0.2, 0.25) is 0 Å². The highest BCUT2D eigenvalue weighted by atomic mass is 35.5. The number of halogens is 5. The molecule has 1 aromatic heterocycles. The van der Waals surface area contributed by atoms with Crippen LogP contribution in [0.25, 0.3) is 0 Å². The molecule has 0 amide bonds. The molecule has 13 heteroatoms. The van der Waals surface area contributed by atoms with Crippen molar-refractivity contribution in [3.05, 3.63) is 51.4 Å². The second-order valence-electron chi connectivity index (χ2n) is 12.0. The van der Waals surface area contributed by atoms with Gasteiger partial charge in [-0.2, -0.15) is 23.1 Å². The Hall–Kier alpha value is -2.67. The lowest BCUT2D eigenvalue weighted by atomic mass is 9.90. The monoisotopic (exact) mass is 627 g/mol. The number of piperidine rings is 1. The van der Waals surface area contributed by atoms with Gasteiger partial charge in [0.15, 0.2) is 0 Å². The molecule has 43 heavy (non-hydrogen) atoms. The minimum atomic E-state index is -4.67. The van der Waals surface area contributed by atoms with Crippen LogP contribution in [0.1, 0.15) is 61.1 Å². The van der Waals surface area contributed by atoms with Crippen LogP contribution >= 0.6 is 11.6 Å². The number of hydrogen-bond donors (Lipinski definition) is 2. The van der Waals surface area contributed by atoms with Crippen LogP contribution in [0.15, 0.2) is 24.0 Å².